The molecule has 32 heavy (non-hydrogen) atoms. The van der Waals surface area contributed by atoms with Crippen molar-refractivity contribution in [3.8, 4) is 0 Å². The molecule has 0 aromatic rings. The quantitative estimate of drug-likeness (QED) is 0.0891. The van der Waals surface area contributed by atoms with Gasteiger partial charge in [0.15, 0.2) is 0 Å². The molecule has 0 atom stereocenters. The number of nitrogens with zero attached hydrogens (tertiary/aromatic N) is 1. The molecule has 0 aromatic carbocycles. The Morgan fingerprint density at radius 1 is 0.531 bits per heavy atom. The Balaban J connectivity index is 0. The number of rotatable bonds is 24. The fourth-order valence-electron chi connectivity index (χ4n) is 4.43. The van der Waals surface area contributed by atoms with Gasteiger partial charge in [-0.15, -0.1) is 0 Å². The Hall–Kier alpha value is 0.347. The van der Waals surface area contributed by atoms with E-state index in [0.29, 0.717) is 0 Å². The van der Waals surface area contributed by atoms with Crippen LogP contribution in [0.15, 0.2) is 0 Å². The molecule has 0 aliphatic heterocycles. The Bertz CT molecular complexity index is 374. The first-order valence-corrected chi connectivity index (χ1v) is 14.8. The summed E-state index contributed by atoms with van der Waals surface area (Å²) in [7, 11) is 11.1. The molecular formula is C26H58ClNO3Si. The smallest absolute Gasteiger partial charge is 0.282 e. The van der Waals surface area contributed by atoms with E-state index in [9.17, 15) is 0 Å². The summed E-state index contributed by atoms with van der Waals surface area (Å²) in [5.41, 5.74) is 0. The summed E-state index contributed by atoms with van der Waals surface area (Å²) in [5.74, 6) is -0.842. The lowest BCUT2D eigenvalue weighted by Crippen LogP contribution is -3.00. The van der Waals surface area contributed by atoms with E-state index in [2.05, 4.69) is 14.1 Å². The lowest BCUT2D eigenvalue weighted by molar-refractivity contribution is -0.890. The van der Waals surface area contributed by atoms with E-state index >= 15 is 0 Å². The van der Waals surface area contributed by atoms with Crippen molar-refractivity contribution in [2.24, 2.45) is 0 Å². The number of unbranched alkanes of at least 4 members (excludes halogenated alkanes) is 14. The zero-order chi connectivity index (χ0) is 23.3. The van der Waals surface area contributed by atoms with E-state index < -0.39 is 5.97 Å². The normalized spacial score (nSPS) is 12.3. The molecule has 0 saturated heterocycles. The highest BCUT2D eigenvalue weighted by atomic mass is 35.5. The molecule has 0 amide bonds. The molecule has 0 unspecified atom stereocenters. The van der Waals surface area contributed by atoms with Crippen molar-refractivity contribution in [1.82, 2.24) is 0 Å². The monoisotopic (exact) mass is 495 g/mol. The van der Waals surface area contributed by atoms with E-state index in [1.54, 1.807) is 21.3 Å². The van der Waals surface area contributed by atoms with Crippen LogP contribution in [0.1, 0.15) is 109 Å². The molecule has 0 fully saturated rings. The molecule has 0 saturated carbocycles. The van der Waals surface area contributed by atoms with Crippen molar-refractivity contribution < 1.29 is 31.1 Å². The van der Waals surface area contributed by atoms with Crippen LogP contribution in [0.4, 0.5) is 0 Å². The summed E-state index contributed by atoms with van der Waals surface area (Å²) in [5, 5.41) is 0. The second-order valence-corrected chi connectivity index (χ2v) is 11.1. The molecule has 0 aliphatic rings. The van der Waals surface area contributed by atoms with Crippen molar-refractivity contribution in [1.29, 1.82) is 0 Å². The first kappa shape index (κ1) is 34.5. The van der Waals surface area contributed by atoms with E-state index in [1.165, 1.54) is 130 Å². The predicted molar refractivity (Wildman–Crippen MR) is 139 cm³/mol. The van der Waals surface area contributed by atoms with Crippen molar-refractivity contribution in [3.63, 3.8) is 0 Å². The lowest BCUT2D eigenvalue weighted by atomic mass is 10.0. The van der Waals surface area contributed by atoms with Gasteiger partial charge in [0, 0.05) is 38.0 Å². The van der Waals surface area contributed by atoms with Gasteiger partial charge in [-0.05, 0) is 25.7 Å². The summed E-state index contributed by atoms with van der Waals surface area (Å²) in [4.78, 5) is 0. The lowest BCUT2D eigenvalue weighted by Gasteiger charge is -2.29. The van der Waals surface area contributed by atoms with Gasteiger partial charge in [0.2, 0.25) is 0 Å². The Morgan fingerprint density at radius 3 is 1.19 bits per heavy atom. The number of quaternary nitrogens is 1. The Kier molecular flexibility index (Phi) is 24.9. The molecule has 0 radical (unpaired) electrons. The van der Waals surface area contributed by atoms with Crippen LogP contribution in [-0.2, 0) is 14.2 Å². The maximum absolute atomic E-state index is 5.34. The second-order valence-electron chi connectivity index (χ2n) is 10.1. The molecule has 6 heteroatoms. The predicted octanol–water partition coefficient (Wildman–Crippen LogP) is 3.08. The van der Waals surface area contributed by atoms with Crippen LogP contribution in [0.3, 0.4) is 0 Å². The SMILES string of the molecule is COC(CCCCCCCCCCCCCCCCC[N+](C)(C)CCC[SiH3])(OC)OC.[Cl-]. The third kappa shape index (κ3) is 19.8. The van der Waals surface area contributed by atoms with Crippen LogP contribution in [0.5, 0.6) is 0 Å². The zero-order valence-corrected chi connectivity index (χ0v) is 25.4. The summed E-state index contributed by atoms with van der Waals surface area (Å²) in [6.45, 7) is 2.75. The van der Waals surface area contributed by atoms with E-state index in [4.69, 9.17) is 14.2 Å². The largest absolute Gasteiger partial charge is 1.00 e. The number of hydrogen-bond acceptors (Lipinski definition) is 3. The van der Waals surface area contributed by atoms with Crippen LogP contribution in [0.25, 0.3) is 0 Å². The standard InChI is InChI=1S/C26H58NO3Si.ClH/c1-27(2,24-21-25-31)23-20-18-16-14-12-10-8-6-7-9-11-13-15-17-19-22-26(28-3,29-4)30-5;/h6-25H2,1-5,31H3;1H/q+1;/p-1. The van der Waals surface area contributed by atoms with Crippen LogP contribution >= 0.6 is 0 Å². The van der Waals surface area contributed by atoms with Gasteiger partial charge in [0.25, 0.3) is 5.97 Å². The molecule has 196 valence electrons. The highest BCUT2D eigenvalue weighted by molar-refractivity contribution is 6.08. The third-order valence-electron chi connectivity index (χ3n) is 6.80. The van der Waals surface area contributed by atoms with Gasteiger partial charge in [0.05, 0.1) is 27.2 Å². The Labute approximate surface area is 210 Å². The van der Waals surface area contributed by atoms with Crippen molar-refractivity contribution >= 4 is 10.2 Å². The average Bonchev–Trinajstić information content (AvgIpc) is 2.77. The van der Waals surface area contributed by atoms with Crippen molar-refractivity contribution in [2.45, 2.75) is 121 Å². The van der Waals surface area contributed by atoms with Crippen molar-refractivity contribution in [2.75, 3.05) is 48.5 Å². The minimum Gasteiger partial charge on any atom is -1.00 e. The molecule has 0 aromatic heterocycles. The van der Waals surface area contributed by atoms with E-state index in [-0.39, 0.29) is 12.4 Å². The third-order valence-corrected chi connectivity index (χ3v) is 7.50. The van der Waals surface area contributed by atoms with E-state index in [0.717, 1.165) is 12.8 Å². The zero-order valence-electron chi connectivity index (χ0n) is 22.7. The van der Waals surface area contributed by atoms with Gasteiger partial charge in [-0.2, -0.15) is 0 Å². The summed E-state index contributed by atoms with van der Waals surface area (Å²) < 4.78 is 17.3. The van der Waals surface area contributed by atoms with Crippen LogP contribution in [0.2, 0.25) is 6.04 Å². The van der Waals surface area contributed by atoms with Gasteiger partial charge >= 0.3 is 0 Å². The van der Waals surface area contributed by atoms with Gasteiger partial charge in [0.1, 0.15) is 0 Å². The first-order chi connectivity index (χ1) is 14.9. The minimum atomic E-state index is -0.842. The molecule has 0 bridgehead atoms. The molecule has 0 rings (SSSR count). The molecular weight excluding hydrogens is 438 g/mol. The summed E-state index contributed by atoms with van der Waals surface area (Å²) in [6, 6.07) is 1.46. The fraction of sp³-hybridized carbons (Fsp3) is 1.00. The maximum Gasteiger partial charge on any atom is 0.282 e. The molecule has 0 heterocycles. The van der Waals surface area contributed by atoms with Gasteiger partial charge in [-0.1, -0.05) is 83.1 Å². The highest BCUT2D eigenvalue weighted by Crippen LogP contribution is 2.21. The van der Waals surface area contributed by atoms with Crippen molar-refractivity contribution in [3.05, 3.63) is 0 Å². The summed E-state index contributed by atoms with van der Waals surface area (Å²) >= 11 is 0. The summed E-state index contributed by atoms with van der Waals surface area (Å²) in [6.07, 6.45) is 23.0. The first-order valence-electron chi connectivity index (χ1n) is 13.4. The van der Waals surface area contributed by atoms with Gasteiger partial charge < -0.3 is 31.1 Å². The fourth-order valence-corrected chi connectivity index (χ4v) is 4.75. The van der Waals surface area contributed by atoms with Gasteiger partial charge in [-0.3, -0.25) is 0 Å². The maximum atomic E-state index is 5.34. The average molecular weight is 496 g/mol. The molecule has 4 nitrogen and oxygen atoms in total. The minimum absolute atomic E-state index is 0. The van der Waals surface area contributed by atoms with Crippen LogP contribution in [0, 0.1) is 0 Å². The second kappa shape index (κ2) is 23.1. The Morgan fingerprint density at radius 2 is 0.844 bits per heavy atom. The molecule has 0 N–H and O–H groups in total. The van der Waals surface area contributed by atoms with E-state index in [1.807, 2.05) is 0 Å². The van der Waals surface area contributed by atoms with Gasteiger partial charge in [-0.25, -0.2) is 0 Å². The number of hydrogen-bond donors (Lipinski definition) is 0. The highest BCUT2D eigenvalue weighted by Gasteiger charge is 2.28. The number of methoxy groups -OCH3 is 3. The number of halogens is 1. The molecule has 0 aliphatic carbocycles. The topological polar surface area (TPSA) is 27.7 Å². The molecule has 0 spiro atoms. The number of ether oxygens (including phenoxy) is 3. The van der Waals surface area contributed by atoms with Crippen LogP contribution < -0.4 is 12.4 Å². The van der Waals surface area contributed by atoms with Crippen LogP contribution in [-0.4, -0.2) is 69.2 Å².